The lowest BCUT2D eigenvalue weighted by Gasteiger charge is -2.30. The number of carbonyl (C=O) groups excluding carboxylic acids is 1. The molecule has 178 valence electrons. The Morgan fingerprint density at radius 3 is 2.56 bits per heavy atom. The monoisotopic (exact) mass is 483 g/mol. The molecule has 0 bridgehead atoms. The second kappa shape index (κ2) is 9.90. The summed E-state index contributed by atoms with van der Waals surface area (Å²) in [5.74, 6) is -0.779. The number of rotatable bonds is 6. The topological polar surface area (TPSA) is 92.5 Å². The summed E-state index contributed by atoms with van der Waals surface area (Å²) >= 11 is 0. The number of hydrogen-bond acceptors (Lipinski definition) is 5. The first kappa shape index (κ1) is 23.8. The van der Waals surface area contributed by atoms with Crippen LogP contribution in [0.2, 0.25) is 0 Å². The molecule has 0 aliphatic carbocycles. The molecule has 34 heavy (non-hydrogen) atoms. The zero-order valence-corrected chi connectivity index (χ0v) is 19.8. The summed E-state index contributed by atoms with van der Waals surface area (Å²) in [5.41, 5.74) is 2.31. The molecule has 0 unspecified atom stereocenters. The van der Waals surface area contributed by atoms with E-state index in [2.05, 4.69) is 10.5 Å². The number of anilines is 1. The van der Waals surface area contributed by atoms with Crippen molar-refractivity contribution in [3.05, 3.63) is 76.9 Å². The van der Waals surface area contributed by atoms with Gasteiger partial charge in [0, 0.05) is 30.3 Å². The van der Waals surface area contributed by atoms with Gasteiger partial charge < -0.3 is 9.84 Å². The first-order valence-electron chi connectivity index (χ1n) is 11.0. The van der Waals surface area contributed by atoms with Crippen molar-refractivity contribution < 1.29 is 22.1 Å². The molecule has 1 fully saturated rings. The van der Waals surface area contributed by atoms with Crippen molar-refractivity contribution in [1.29, 1.82) is 0 Å². The van der Waals surface area contributed by atoms with E-state index in [4.69, 9.17) is 4.52 Å². The third kappa shape index (κ3) is 5.10. The highest BCUT2D eigenvalue weighted by molar-refractivity contribution is 7.89. The van der Waals surface area contributed by atoms with E-state index < -0.39 is 15.8 Å². The Balaban J connectivity index is 1.46. The van der Waals surface area contributed by atoms with Gasteiger partial charge in [0.2, 0.25) is 15.9 Å². The highest BCUT2D eigenvalue weighted by atomic mass is 32.2. The first-order valence-corrected chi connectivity index (χ1v) is 12.5. The van der Waals surface area contributed by atoms with Crippen molar-refractivity contribution >= 4 is 33.8 Å². The summed E-state index contributed by atoms with van der Waals surface area (Å²) in [6, 6.07) is 13.7. The lowest BCUT2D eigenvalue weighted by atomic mass is 9.97. The number of aryl methyl sites for hydroxylation is 2. The second-order valence-electron chi connectivity index (χ2n) is 8.35. The van der Waals surface area contributed by atoms with Crippen LogP contribution >= 0.6 is 0 Å². The maximum atomic E-state index is 13.9. The molecule has 4 rings (SSSR count). The molecular weight excluding hydrogens is 457 g/mol. The lowest BCUT2D eigenvalue weighted by molar-refractivity contribution is -0.120. The molecule has 1 aromatic heterocycles. The van der Waals surface area contributed by atoms with Crippen molar-refractivity contribution in [2.45, 2.75) is 31.6 Å². The molecule has 1 aliphatic heterocycles. The van der Waals surface area contributed by atoms with E-state index in [1.54, 1.807) is 25.1 Å². The Bertz CT molecular complexity index is 1330. The number of hydrogen-bond donors (Lipinski definition) is 1. The van der Waals surface area contributed by atoms with Crippen LogP contribution in [0.1, 0.15) is 35.4 Å². The fourth-order valence-electron chi connectivity index (χ4n) is 4.03. The highest BCUT2D eigenvalue weighted by Crippen LogP contribution is 2.30. The van der Waals surface area contributed by atoms with Crippen LogP contribution in [-0.2, 0) is 14.8 Å². The smallest absolute Gasteiger partial charge is 0.248 e. The summed E-state index contributed by atoms with van der Waals surface area (Å²) in [7, 11) is -3.91. The molecule has 1 aliphatic rings. The Morgan fingerprint density at radius 2 is 1.85 bits per heavy atom. The van der Waals surface area contributed by atoms with Crippen LogP contribution in [0.5, 0.6) is 0 Å². The molecule has 0 saturated carbocycles. The Morgan fingerprint density at radius 1 is 1.12 bits per heavy atom. The summed E-state index contributed by atoms with van der Waals surface area (Å²) in [6.07, 6.45) is 3.67. The molecule has 2 aromatic carbocycles. The highest BCUT2D eigenvalue weighted by Gasteiger charge is 2.36. The molecule has 0 spiro atoms. The van der Waals surface area contributed by atoms with Crippen LogP contribution in [0.4, 0.5) is 10.1 Å². The quantitative estimate of drug-likeness (QED) is 0.551. The molecule has 1 N–H and O–H groups in total. The lowest BCUT2D eigenvalue weighted by Crippen LogP contribution is -2.41. The van der Waals surface area contributed by atoms with E-state index in [1.807, 2.05) is 31.2 Å². The molecular formula is C25H26FN3O4S. The number of aromatic nitrogens is 1. The molecule has 2 heterocycles. The Kier molecular flexibility index (Phi) is 6.95. The van der Waals surface area contributed by atoms with Crippen molar-refractivity contribution in [1.82, 2.24) is 9.46 Å². The predicted molar refractivity (Wildman–Crippen MR) is 128 cm³/mol. The normalized spacial score (nSPS) is 15.6. The van der Waals surface area contributed by atoms with E-state index in [-0.39, 0.29) is 41.3 Å². The van der Waals surface area contributed by atoms with Gasteiger partial charge in [-0.1, -0.05) is 35.5 Å². The van der Waals surface area contributed by atoms with Gasteiger partial charge in [-0.15, -0.1) is 0 Å². The zero-order valence-electron chi connectivity index (χ0n) is 19.0. The van der Waals surface area contributed by atoms with E-state index >= 15 is 0 Å². The average molecular weight is 484 g/mol. The zero-order chi connectivity index (χ0) is 24.3. The van der Waals surface area contributed by atoms with Crippen LogP contribution in [0, 0.1) is 25.6 Å². The number of nitrogens with zero attached hydrogens (tertiary/aromatic N) is 2. The molecule has 0 radical (unpaired) electrons. The minimum absolute atomic E-state index is 0.0391. The average Bonchev–Trinajstić information content (AvgIpc) is 3.19. The van der Waals surface area contributed by atoms with E-state index in [9.17, 15) is 17.6 Å². The van der Waals surface area contributed by atoms with Crippen LogP contribution < -0.4 is 5.32 Å². The summed E-state index contributed by atoms with van der Waals surface area (Å²) < 4.78 is 47.3. The van der Waals surface area contributed by atoms with Crippen LogP contribution in [0.15, 0.2) is 57.9 Å². The van der Waals surface area contributed by atoms with Gasteiger partial charge >= 0.3 is 0 Å². The number of benzene rings is 2. The molecule has 7 nitrogen and oxygen atoms in total. The van der Waals surface area contributed by atoms with Gasteiger partial charge in [0.15, 0.2) is 10.7 Å². The standard InChI is InChI=1S/C25H26FN3O4S/c1-17-6-5-8-21(16-17)27-25(30)20-12-14-29(15-13-20)34(31,32)24-18(2)28-33-23(24)11-10-19-7-3-4-9-22(19)26/h3-11,16,20H,12-15H2,1-2H3,(H,27,30). The number of amides is 1. The van der Waals surface area contributed by atoms with Gasteiger partial charge in [-0.25, -0.2) is 12.8 Å². The van der Waals surface area contributed by atoms with Crippen molar-refractivity contribution in [3.63, 3.8) is 0 Å². The van der Waals surface area contributed by atoms with Gasteiger partial charge in [0.05, 0.1) is 0 Å². The Hall–Kier alpha value is -3.30. The van der Waals surface area contributed by atoms with E-state index in [0.29, 0.717) is 18.4 Å². The van der Waals surface area contributed by atoms with Gasteiger partial charge in [-0.2, -0.15) is 4.31 Å². The summed E-state index contributed by atoms with van der Waals surface area (Å²) in [5, 5.41) is 6.74. The number of sulfonamides is 1. The SMILES string of the molecule is Cc1cccc(NC(=O)C2CCN(S(=O)(=O)c3c(C)noc3C=Cc3ccccc3F)CC2)c1. The minimum atomic E-state index is -3.91. The fourth-order valence-corrected chi connectivity index (χ4v) is 5.75. The molecule has 1 saturated heterocycles. The number of carbonyl (C=O) groups is 1. The largest absolute Gasteiger partial charge is 0.355 e. The van der Waals surface area contributed by atoms with Crippen LogP contribution in [0.25, 0.3) is 12.2 Å². The number of nitrogens with one attached hydrogen (secondary N) is 1. The van der Waals surface area contributed by atoms with Gasteiger partial charge in [0.1, 0.15) is 11.5 Å². The molecule has 0 atom stereocenters. The predicted octanol–water partition coefficient (Wildman–Crippen LogP) is 4.64. The van der Waals surface area contributed by atoms with Crippen molar-refractivity contribution in [3.8, 4) is 0 Å². The van der Waals surface area contributed by atoms with Gasteiger partial charge in [0.25, 0.3) is 0 Å². The minimum Gasteiger partial charge on any atom is -0.355 e. The van der Waals surface area contributed by atoms with Gasteiger partial charge in [-0.3, -0.25) is 4.79 Å². The van der Waals surface area contributed by atoms with E-state index in [1.165, 1.54) is 22.5 Å². The number of piperidine rings is 1. The third-order valence-electron chi connectivity index (χ3n) is 5.86. The van der Waals surface area contributed by atoms with Gasteiger partial charge in [-0.05, 0) is 62.6 Å². The molecule has 9 heteroatoms. The molecule has 3 aromatic rings. The second-order valence-corrected chi connectivity index (χ2v) is 10.2. The maximum Gasteiger partial charge on any atom is 0.248 e. The van der Waals surface area contributed by atoms with Crippen molar-refractivity contribution in [2.75, 3.05) is 18.4 Å². The van der Waals surface area contributed by atoms with Crippen LogP contribution in [0.3, 0.4) is 0 Å². The summed E-state index contributed by atoms with van der Waals surface area (Å²) in [6.45, 7) is 3.91. The van der Waals surface area contributed by atoms with E-state index in [0.717, 1.165) is 11.3 Å². The summed E-state index contributed by atoms with van der Waals surface area (Å²) in [4.78, 5) is 12.6. The Labute approximate surface area is 198 Å². The maximum absolute atomic E-state index is 13.9. The number of halogens is 1. The van der Waals surface area contributed by atoms with Crippen LogP contribution in [-0.4, -0.2) is 36.9 Å². The third-order valence-corrected chi connectivity index (χ3v) is 7.92. The van der Waals surface area contributed by atoms with Crippen molar-refractivity contribution in [2.24, 2.45) is 5.92 Å². The first-order chi connectivity index (χ1) is 16.3. The molecule has 1 amide bonds. The fraction of sp³-hybridized carbons (Fsp3) is 0.280.